The molecule has 2 N–H and O–H groups in total. The molecule has 1 aliphatic carbocycles. The third kappa shape index (κ3) is 2.41. The molecular weight excluding hydrogens is 200 g/mol. The lowest BCUT2D eigenvalue weighted by molar-refractivity contribution is 0.148. The minimum atomic E-state index is -0.228. The Morgan fingerprint density at radius 2 is 2.19 bits per heavy atom. The summed E-state index contributed by atoms with van der Waals surface area (Å²) in [5.41, 5.74) is 1.71. The van der Waals surface area contributed by atoms with Gasteiger partial charge in [0.1, 0.15) is 0 Å². The molecule has 0 radical (unpaired) electrons. The van der Waals surface area contributed by atoms with Crippen LogP contribution in [-0.4, -0.2) is 17.3 Å². The van der Waals surface area contributed by atoms with Crippen molar-refractivity contribution in [2.24, 2.45) is 0 Å². The largest absolute Gasteiger partial charge is 0.392 e. The van der Waals surface area contributed by atoms with Crippen LogP contribution in [0.3, 0.4) is 0 Å². The molecule has 0 heterocycles. The number of benzene rings is 1. The van der Waals surface area contributed by atoms with Gasteiger partial charge in [-0.3, -0.25) is 0 Å². The highest BCUT2D eigenvalue weighted by atomic mass is 16.3. The highest BCUT2D eigenvalue weighted by Gasteiger charge is 2.24. The van der Waals surface area contributed by atoms with Crippen molar-refractivity contribution in [3.05, 3.63) is 35.4 Å². The molecule has 2 unspecified atom stereocenters. The van der Waals surface area contributed by atoms with Crippen LogP contribution in [0, 0.1) is 11.3 Å². The summed E-state index contributed by atoms with van der Waals surface area (Å²) < 4.78 is 0. The van der Waals surface area contributed by atoms with Gasteiger partial charge in [-0.2, -0.15) is 5.26 Å². The number of rotatable bonds is 3. The molecule has 0 aliphatic heterocycles. The Labute approximate surface area is 95.7 Å². The molecule has 0 bridgehead atoms. The number of hydrogen-bond donors (Lipinski definition) is 2. The SMILES string of the molecule is N#Cc1ccccc1CNC1CCCC1O. The van der Waals surface area contributed by atoms with E-state index in [2.05, 4.69) is 11.4 Å². The van der Waals surface area contributed by atoms with Crippen molar-refractivity contribution in [3.63, 3.8) is 0 Å². The summed E-state index contributed by atoms with van der Waals surface area (Å²) in [4.78, 5) is 0. The number of nitrogens with zero attached hydrogens (tertiary/aromatic N) is 1. The van der Waals surface area contributed by atoms with E-state index in [9.17, 15) is 5.11 Å². The number of aliphatic hydroxyl groups excluding tert-OH is 1. The quantitative estimate of drug-likeness (QED) is 0.806. The first-order valence-electron chi connectivity index (χ1n) is 5.70. The second-order valence-electron chi connectivity index (χ2n) is 4.25. The zero-order valence-electron chi connectivity index (χ0n) is 9.19. The van der Waals surface area contributed by atoms with Gasteiger partial charge in [-0.25, -0.2) is 0 Å². The lowest BCUT2D eigenvalue weighted by atomic mass is 10.1. The fourth-order valence-electron chi connectivity index (χ4n) is 2.20. The minimum Gasteiger partial charge on any atom is -0.392 e. The smallest absolute Gasteiger partial charge is 0.0995 e. The fraction of sp³-hybridized carbons (Fsp3) is 0.462. The predicted molar refractivity (Wildman–Crippen MR) is 61.6 cm³/mol. The van der Waals surface area contributed by atoms with Crippen molar-refractivity contribution < 1.29 is 5.11 Å². The van der Waals surface area contributed by atoms with E-state index in [4.69, 9.17) is 5.26 Å². The van der Waals surface area contributed by atoms with E-state index in [0.717, 1.165) is 24.8 Å². The second kappa shape index (κ2) is 5.11. The van der Waals surface area contributed by atoms with Crippen LogP contribution in [-0.2, 0) is 6.54 Å². The Balaban J connectivity index is 1.97. The van der Waals surface area contributed by atoms with Crippen LogP contribution in [0.25, 0.3) is 0 Å². The lowest BCUT2D eigenvalue weighted by Gasteiger charge is -2.16. The third-order valence-corrected chi connectivity index (χ3v) is 3.17. The van der Waals surface area contributed by atoms with Crippen molar-refractivity contribution in [2.45, 2.75) is 38.0 Å². The predicted octanol–water partition coefficient (Wildman–Crippen LogP) is 1.56. The summed E-state index contributed by atoms with van der Waals surface area (Å²) in [7, 11) is 0. The molecule has 1 fully saturated rings. The first-order valence-corrected chi connectivity index (χ1v) is 5.70. The molecule has 1 aromatic carbocycles. The summed E-state index contributed by atoms with van der Waals surface area (Å²) in [6, 6.07) is 9.94. The lowest BCUT2D eigenvalue weighted by Crippen LogP contribution is -2.35. The van der Waals surface area contributed by atoms with Gasteiger partial charge in [0.25, 0.3) is 0 Å². The summed E-state index contributed by atoms with van der Waals surface area (Å²) >= 11 is 0. The van der Waals surface area contributed by atoms with Gasteiger partial charge in [-0.05, 0) is 30.9 Å². The van der Waals surface area contributed by atoms with Crippen molar-refractivity contribution in [1.82, 2.24) is 5.32 Å². The van der Waals surface area contributed by atoms with Gasteiger partial charge in [0.2, 0.25) is 0 Å². The molecule has 0 saturated heterocycles. The van der Waals surface area contributed by atoms with Crippen molar-refractivity contribution in [2.75, 3.05) is 0 Å². The Kier molecular flexibility index (Phi) is 3.55. The normalized spacial score (nSPS) is 24.2. The van der Waals surface area contributed by atoms with E-state index in [1.807, 2.05) is 24.3 Å². The highest BCUT2D eigenvalue weighted by molar-refractivity contribution is 5.37. The molecule has 3 nitrogen and oxygen atoms in total. The Morgan fingerprint density at radius 3 is 2.88 bits per heavy atom. The molecule has 1 saturated carbocycles. The second-order valence-corrected chi connectivity index (χ2v) is 4.25. The van der Waals surface area contributed by atoms with Crippen LogP contribution in [0.2, 0.25) is 0 Å². The first kappa shape index (κ1) is 11.1. The van der Waals surface area contributed by atoms with Gasteiger partial charge in [0, 0.05) is 12.6 Å². The zero-order chi connectivity index (χ0) is 11.4. The summed E-state index contributed by atoms with van der Waals surface area (Å²) in [6.07, 6.45) is 2.76. The highest BCUT2D eigenvalue weighted by Crippen LogP contribution is 2.19. The van der Waals surface area contributed by atoms with Crippen LogP contribution in [0.15, 0.2) is 24.3 Å². The molecule has 2 rings (SSSR count). The summed E-state index contributed by atoms with van der Waals surface area (Å²) in [5.74, 6) is 0. The molecule has 0 amide bonds. The first-order chi connectivity index (χ1) is 7.81. The van der Waals surface area contributed by atoms with E-state index < -0.39 is 0 Å². The number of nitriles is 1. The number of nitrogens with one attached hydrogen (secondary N) is 1. The molecule has 3 heteroatoms. The molecule has 2 atom stereocenters. The van der Waals surface area contributed by atoms with Gasteiger partial charge in [-0.1, -0.05) is 18.2 Å². The Hall–Kier alpha value is -1.37. The molecule has 1 aliphatic rings. The molecule has 0 spiro atoms. The van der Waals surface area contributed by atoms with Crippen LogP contribution in [0.5, 0.6) is 0 Å². The molecule has 84 valence electrons. The van der Waals surface area contributed by atoms with Crippen LogP contribution < -0.4 is 5.32 Å². The van der Waals surface area contributed by atoms with Crippen molar-refractivity contribution >= 4 is 0 Å². The average Bonchev–Trinajstić information content (AvgIpc) is 2.72. The van der Waals surface area contributed by atoms with Crippen LogP contribution in [0.4, 0.5) is 0 Å². The standard InChI is InChI=1S/C13H16N2O/c14-8-10-4-1-2-5-11(10)9-15-12-6-3-7-13(12)16/h1-2,4-5,12-13,15-16H,3,6-7,9H2. The summed E-state index contributed by atoms with van der Waals surface area (Å²) in [6.45, 7) is 0.658. The monoisotopic (exact) mass is 216 g/mol. The van der Waals surface area contributed by atoms with Gasteiger partial charge in [-0.15, -0.1) is 0 Å². The Morgan fingerprint density at radius 1 is 1.38 bits per heavy atom. The number of hydrogen-bond acceptors (Lipinski definition) is 3. The minimum absolute atomic E-state index is 0.187. The maximum Gasteiger partial charge on any atom is 0.0995 e. The maximum absolute atomic E-state index is 9.67. The molecule has 0 aromatic heterocycles. The fourth-order valence-corrected chi connectivity index (χ4v) is 2.20. The molecule has 1 aromatic rings. The van der Waals surface area contributed by atoms with Crippen molar-refractivity contribution in [1.29, 1.82) is 5.26 Å². The van der Waals surface area contributed by atoms with E-state index in [1.54, 1.807) is 0 Å². The van der Waals surface area contributed by atoms with E-state index >= 15 is 0 Å². The van der Waals surface area contributed by atoms with E-state index in [-0.39, 0.29) is 12.1 Å². The summed E-state index contributed by atoms with van der Waals surface area (Å²) in [5, 5.41) is 21.9. The van der Waals surface area contributed by atoms with E-state index in [1.165, 1.54) is 0 Å². The van der Waals surface area contributed by atoms with Gasteiger partial charge in [0.15, 0.2) is 0 Å². The molecule has 16 heavy (non-hydrogen) atoms. The van der Waals surface area contributed by atoms with E-state index in [0.29, 0.717) is 12.1 Å². The van der Waals surface area contributed by atoms with Gasteiger partial charge in [0.05, 0.1) is 17.7 Å². The number of aliphatic hydroxyl groups is 1. The van der Waals surface area contributed by atoms with Crippen LogP contribution >= 0.6 is 0 Å². The topological polar surface area (TPSA) is 56.0 Å². The Bertz CT molecular complexity index is 397. The zero-order valence-corrected chi connectivity index (χ0v) is 9.19. The molecular formula is C13H16N2O. The van der Waals surface area contributed by atoms with Gasteiger partial charge >= 0.3 is 0 Å². The van der Waals surface area contributed by atoms with Crippen LogP contribution in [0.1, 0.15) is 30.4 Å². The van der Waals surface area contributed by atoms with Gasteiger partial charge < -0.3 is 10.4 Å². The van der Waals surface area contributed by atoms with Crippen molar-refractivity contribution in [3.8, 4) is 6.07 Å². The average molecular weight is 216 g/mol. The maximum atomic E-state index is 9.67. The third-order valence-electron chi connectivity index (χ3n) is 3.17.